The molecule has 0 amide bonds. The van der Waals surface area contributed by atoms with Gasteiger partial charge in [0.15, 0.2) is 0 Å². The second-order valence-corrected chi connectivity index (χ2v) is 5.43. The van der Waals surface area contributed by atoms with E-state index in [2.05, 4.69) is 15.9 Å². The summed E-state index contributed by atoms with van der Waals surface area (Å²) in [6.07, 6.45) is 0.500. The Kier molecular flexibility index (Phi) is 5.59. The van der Waals surface area contributed by atoms with Gasteiger partial charge in [0.2, 0.25) is 0 Å². The van der Waals surface area contributed by atoms with Gasteiger partial charge in [-0.15, -0.1) is 0 Å². The van der Waals surface area contributed by atoms with Gasteiger partial charge in [-0.3, -0.25) is 0 Å². The summed E-state index contributed by atoms with van der Waals surface area (Å²) in [5.74, 6) is 0.782. The van der Waals surface area contributed by atoms with E-state index in [1.807, 2.05) is 48.5 Å². The summed E-state index contributed by atoms with van der Waals surface area (Å²) in [6, 6.07) is 15.7. The van der Waals surface area contributed by atoms with E-state index < -0.39 is 0 Å². The van der Waals surface area contributed by atoms with Crippen LogP contribution in [0.4, 0.5) is 0 Å². The van der Waals surface area contributed by atoms with Crippen molar-refractivity contribution >= 4 is 15.9 Å². The Morgan fingerprint density at radius 1 is 1.05 bits per heavy atom. The van der Waals surface area contributed by atoms with Gasteiger partial charge in [-0.25, -0.2) is 0 Å². The van der Waals surface area contributed by atoms with Crippen LogP contribution in [0.1, 0.15) is 17.2 Å². The van der Waals surface area contributed by atoms with Crippen LogP contribution < -0.4 is 10.5 Å². The number of ether oxygens (including phenoxy) is 1. The maximum Gasteiger partial charge on any atom is 0.136 e. The molecule has 0 aliphatic heterocycles. The zero-order valence-corrected chi connectivity index (χ0v) is 12.7. The first kappa shape index (κ1) is 15.0. The van der Waals surface area contributed by atoms with Crippen LogP contribution in [0.15, 0.2) is 53.0 Å². The first-order valence-electron chi connectivity index (χ1n) is 6.55. The Balaban J connectivity index is 2.07. The summed E-state index contributed by atoms with van der Waals surface area (Å²) in [5, 5.41) is 8.89. The highest BCUT2D eigenvalue weighted by Crippen LogP contribution is 2.23. The molecule has 0 heterocycles. The molecule has 106 valence electrons. The zero-order chi connectivity index (χ0) is 14.4. The molecule has 1 unspecified atom stereocenters. The third-order valence-corrected chi connectivity index (χ3v) is 3.59. The van der Waals surface area contributed by atoms with Crippen molar-refractivity contribution < 1.29 is 9.84 Å². The van der Waals surface area contributed by atoms with Crippen molar-refractivity contribution in [2.45, 2.75) is 12.5 Å². The molecule has 0 aliphatic rings. The second kappa shape index (κ2) is 7.43. The maximum atomic E-state index is 8.89. The Hall–Kier alpha value is -1.36. The Labute approximate surface area is 127 Å². The van der Waals surface area contributed by atoms with Gasteiger partial charge in [0, 0.05) is 17.6 Å². The lowest BCUT2D eigenvalue weighted by Crippen LogP contribution is -2.18. The van der Waals surface area contributed by atoms with Crippen LogP contribution in [0.5, 0.6) is 5.75 Å². The fourth-order valence-electron chi connectivity index (χ4n) is 1.96. The lowest BCUT2D eigenvalue weighted by Gasteiger charge is -2.18. The molecule has 0 aliphatic carbocycles. The van der Waals surface area contributed by atoms with Gasteiger partial charge in [0.05, 0.1) is 0 Å². The average Bonchev–Trinajstić information content (AvgIpc) is 2.48. The van der Waals surface area contributed by atoms with Gasteiger partial charge in [0.25, 0.3) is 0 Å². The van der Waals surface area contributed by atoms with Gasteiger partial charge < -0.3 is 15.6 Å². The SMILES string of the molecule is NCC(Oc1ccc(CCO)cc1)c1ccc(Br)cc1. The molecule has 2 aromatic carbocycles. The molecular weight excluding hydrogens is 318 g/mol. The predicted molar refractivity (Wildman–Crippen MR) is 83.8 cm³/mol. The molecule has 1 atom stereocenters. The highest BCUT2D eigenvalue weighted by atomic mass is 79.9. The largest absolute Gasteiger partial charge is 0.484 e. The Morgan fingerprint density at radius 2 is 1.70 bits per heavy atom. The van der Waals surface area contributed by atoms with Crippen molar-refractivity contribution in [1.82, 2.24) is 0 Å². The van der Waals surface area contributed by atoms with Gasteiger partial charge in [0.1, 0.15) is 11.9 Å². The number of rotatable bonds is 6. The highest BCUT2D eigenvalue weighted by Gasteiger charge is 2.11. The number of hydrogen-bond acceptors (Lipinski definition) is 3. The van der Waals surface area contributed by atoms with Crippen molar-refractivity contribution in [3.63, 3.8) is 0 Å². The van der Waals surface area contributed by atoms with Crippen LogP contribution in [0.2, 0.25) is 0 Å². The molecule has 2 aromatic rings. The molecule has 3 N–H and O–H groups in total. The van der Waals surface area contributed by atoms with Gasteiger partial charge in [-0.05, 0) is 41.8 Å². The zero-order valence-electron chi connectivity index (χ0n) is 11.1. The summed E-state index contributed by atoms with van der Waals surface area (Å²) >= 11 is 3.41. The molecule has 0 aromatic heterocycles. The van der Waals surface area contributed by atoms with Crippen LogP contribution in [0.25, 0.3) is 0 Å². The third kappa shape index (κ3) is 4.07. The van der Waals surface area contributed by atoms with E-state index in [-0.39, 0.29) is 12.7 Å². The number of benzene rings is 2. The average molecular weight is 336 g/mol. The summed E-state index contributed by atoms with van der Waals surface area (Å²) < 4.78 is 6.95. The van der Waals surface area contributed by atoms with Crippen LogP contribution >= 0.6 is 15.9 Å². The van der Waals surface area contributed by atoms with E-state index in [1.54, 1.807) is 0 Å². The van der Waals surface area contributed by atoms with Crippen LogP contribution in [0.3, 0.4) is 0 Å². The second-order valence-electron chi connectivity index (χ2n) is 4.51. The van der Waals surface area contributed by atoms with Crippen molar-refractivity contribution in [2.75, 3.05) is 13.2 Å². The number of aliphatic hydroxyl groups excluding tert-OH is 1. The fourth-order valence-corrected chi connectivity index (χ4v) is 2.22. The van der Waals surface area contributed by atoms with E-state index in [1.165, 1.54) is 0 Å². The minimum absolute atomic E-state index is 0.157. The maximum absolute atomic E-state index is 8.89. The smallest absolute Gasteiger partial charge is 0.136 e. The standard InChI is InChI=1S/C16H18BrNO2/c17-14-5-3-13(4-6-14)16(11-18)20-15-7-1-12(2-8-15)9-10-19/h1-8,16,19H,9-11,18H2. The lowest BCUT2D eigenvalue weighted by molar-refractivity contribution is 0.214. The topological polar surface area (TPSA) is 55.5 Å². The van der Waals surface area contributed by atoms with Crippen molar-refractivity contribution in [3.05, 3.63) is 64.1 Å². The minimum atomic E-state index is -0.160. The molecule has 20 heavy (non-hydrogen) atoms. The minimum Gasteiger partial charge on any atom is -0.484 e. The molecule has 0 saturated heterocycles. The van der Waals surface area contributed by atoms with E-state index in [4.69, 9.17) is 15.6 Å². The van der Waals surface area contributed by atoms with E-state index in [9.17, 15) is 0 Å². The molecule has 0 fully saturated rings. The van der Waals surface area contributed by atoms with Crippen molar-refractivity contribution in [1.29, 1.82) is 0 Å². The molecule has 0 bridgehead atoms. The number of halogens is 1. The summed E-state index contributed by atoms with van der Waals surface area (Å²) in [5.41, 5.74) is 7.94. The van der Waals surface area contributed by atoms with E-state index in [0.29, 0.717) is 13.0 Å². The molecule has 3 nitrogen and oxygen atoms in total. The summed E-state index contributed by atoms with van der Waals surface area (Å²) in [4.78, 5) is 0. The number of hydrogen-bond donors (Lipinski definition) is 2. The van der Waals surface area contributed by atoms with Crippen LogP contribution in [-0.4, -0.2) is 18.3 Å². The monoisotopic (exact) mass is 335 g/mol. The quantitative estimate of drug-likeness (QED) is 0.852. The first-order chi connectivity index (χ1) is 9.72. The summed E-state index contributed by atoms with van der Waals surface area (Å²) in [7, 11) is 0. The van der Waals surface area contributed by atoms with Crippen molar-refractivity contribution in [3.8, 4) is 5.75 Å². The lowest BCUT2D eigenvalue weighted by atomic mass is 10.1. The molecule has 0 saturated carbocycles. The third-order valence-electron chi connectivity index (χ3n) is 3.06. The molecule has 0 radical (unpaired) electrons. The number of aliphatic hydroxyl groups is 1. The Bertz CT molecular complexity index is 525. The van der Waals surface area contributed by atoms with Crippen LogP contribution in [0, 0.1) is 0 Å². The number of nitrogens with two attached hydrogens (primary N) is 1. The Morgan fingerprint density at radius 3 is 2.25 bits per heavy atom. The van der Waals surface area contributed by atoms with Crippen molar-refractivity contribution in [2.24, 2.45) is 5.73 Å². The highest BCUT2D eigenvalue weighted by molar-refractivity contribution is 9.10. The van der Waals surface area contributed by atoms with E-state index >= 15 is 0 Å². The molecular formula is C16H18BrNO2. The molecule has 0 spiro atoms. The van der Waals surface area contributed by atoms with Crippen LogP contribution in [-0.2, 0) is 6.42 Å². The van der Waals surface area contributed by atoms with Gasteiger partial charge in [-0.1, -0.05) is 40.2 Å². The molecule has 2 rings (SSSR count). The normalized spacial score (nSPS) is 12.2. The summed E-state index contributed by atoms with van der Waals surface area (Å²) in [6.45, 7) is 0.574. The first-order valence-corrected chi connectivity index (χ1v) is 7.34. The van der Waals surface area contributed by atoms with Gasteiger partial charge >= 0.3 is 0 Å². The fraction of sp³-hybridized carbons (Fsp3) is 0.250. The molecule has 4 heteroatoms. The van der Waals surface area contributed by atoms with E-state index in [0.717, 1.165) is 21.3 Å². The van der Waals surface area contributed by atoms with Gasteiger partial charge in [-0.2, -0.15) is 0 Å². The predicted octanol–water partition coefficient (Wildman–Crippen LogP) is 3.06.